The summed E-state index contributed by atoms with van der Waals surface area (Å²) < 4.78 is 47.5. The van der Waals surface area contributed by atoms with E-state index < -0.39 is 40.2 Å². The number of hydrogen-bond donors (Lipinski definition) is 3. The van der Waals surface area contributed by atoms with Crippen LogP contribution in [0.4, 0.5) is 9.18 Å². The van der Waals surface area contributed by atoms with Gasteiger partial charge in [0.25, 0.3) is 5.91 Å². The van der Waals surface area contributed by atoms with Gasteiger partial charge in [0.1, 0.15) is 5.84 Å². The summed E-state index contributed by atoms with van der Waals surface area (Å²) in [5.41, 5.74) is 0. The lowest BCUT2D eigenvalue weighted by molar-refractivity contribution is -0.0316. The monoisotopic (exact) mass is 388 g/mol. The van der Waals surface area contributed by atoms with Crippen molar-refractivity contribution in [2.75, 3.05) is 6.54 Å². The molecule has 0 radical (unpaired) electrons. The second kappa shape index (κ2) is 6.54. The SMILES string of the molecule is N=C(NC(=O)c1ncc(F)cn1)[C@@H]1CC[C@@H]2CN1C(=O)N2OS(=O)(=O)O. The molecule has 14 heteroatoms. The van der Waals surface area contributed by atoms with Crippen molar-refractivity contribution in [3.05, 3.63) is 24.0 Å². The van der Waals surface area contributed by atoms with Crippen LogP contribution in [0.3, 0.4) is 0 Å². The average Bonchev–Trinajstić information content (AvgIpc) is 2.79. The van der Waals surface area contributed by atoms with Crippen LogP contribution in [-0.2, 0) is 14.7 Å². The van der Waals surface area contributed by atoms with Gasteiger partial charge in [0, 0.05) is 6.54 Å². The molecule has 1 aromatic heterocycles. The smallest absolute Gasteiger partial charge is 0.310 e. The highest BCUT2D eigenvalue weighted by atomic mass is 32.3. The van der Waals surface area contributed by atoms with E-state index >= 15 is 0 Å². The molecule has 140 valence electrons. The Morgan fingerprint density at radius 1 is 1.38 bits per heavy atom. The number of piperidine rings is 1. The van der Waals surface area contributed by atoms with E-state index in [1.54, 1.807) is 0 Å². The molecular formula is C12H13FN6O6S. The predicted molar refractivity (Wildman–Crippen MR) is 80.6 cm³/mol. The van der Waals surface area contributed by atoms with E-state index in [0.717, 1.165) is 17.3 Å². The van der Waals surface area contributed by atoms with E-state index in [2.05, 4.69) is 19.6 Å². The largest absolute Gasteiger partial charge is 0.418 e. The summed E-state index contributed by atoms with van der Waals surface area (Å²) in [7, 11) is -4.87. The molecular weight excluding hydrogens is 375 g/mol. The summed E-state index contributed by atoms with van der Waals surface area (Å²) >= 11 is 0. The first-order chi connectivity index (χ1) is 12.2. The number of amidine groups is 1. The molecule has 0 aromatic carbocycles. The second-order valence-electron chi connectivity index (χ2n) is 5.60. The van der Waals surface area contributed by atoms with Crippen molar-refractivity contribution in [2.45, 2.75) is 24.9 Å². The molecule has 2 bridgehead atoms. The number of hydrogen-bond acceptors (Lipinski definition) is 8. The van der Waals surface area contributed by atoms with Gasteiger partial charge in [-0.2, -0.15) is 13.5 Å². The van der Waals surface area contributed by atoms with Gasteiger partial charge in [0.05, 0.1) is 24.5 Å². The van der Waals surface area contributed by atoms with Crippen LogP contribution in [0.15, 0.2) is 12.4 Å². The molecule has 3 rings (SSSR count). The molecule has 2 aliphatic heterocycles. The Hall–Kier alpha value is -2.71. The van der Waals surface area contributed by atoms with Crippen molar-refractivity contribution in [3.8, 4) is 0 Å². The lowest BCUT2D eigenvalue weighted by Gasteiger charge is -2.30. The number of aromatic nitrogens is 2. The van der Waals surface area contributed by atoms with E-state index in [4.69, 9.17) is 9.96 Å². The van der Waals surface area contributed by atoms with Crippen molar-refractivity contribution >= 4 is 28.2 Å². The second-order valence-corrected chi connectivity index (χ2v) is 6.61. The topological polar surface area (TPSA) is 166 Å². The quantitative estimate of drug-likeness (QED) is 0.347. The first-order valence-electron chi connectivity index (χ1n) is 7.30. The van der Waals surface area contributed by atoms with Crippen LogP contribution in [0.25, 0.3) is 0 Å². The number of nitrogens with zero attached hydrogens (tertiary/aromatic N) is 4. The van der Waals surface area contributed by atoms with Gasteiger partial charge in [0.2, 0.25) is 5.82 Å². The van der Waals surface area contributed by atoms with Crippen LogP contribution in [0, 0.1) is 11.2 Å². The lowest BCUT2D eigenvalue weighted by Crippen LogP contribution is -2.51. The Balaban J connectivity index is 1.69. The highest BCUT2D eigenvalue weighted by molar-refractivity contribution is 7.80. The Kier molecular flexibility index (Phi) is 4.55. The third-order valence-corrected chi connectivity index (χ3v) is 4.25. The van der Waals surface area contributed by atoms with Crippen LogP contribution in [0.5, 0.6) is 0 Å². The van der Waals surface area contributed by atoms with Gasteiger partial charge in [-0.15, -0.1) is 4.28 Å². The van der Waals surface area contributed by atoms with Crippen LogP contribution < -0.4 is 5.32 Å². The number of hydroxylamine groups is 2. The third-order valence-electron chi connectivity index (χ3n) is 3.90. The lowest BCUT2D eigenvalue weighted by atomic mass is 10.00. The van der Waals surface area contributed by atoms with Crippen molar-refractivity contribution in [1.82, 2.24) is 25.2 Å². The highest BCUT2D eigenvalue weighted by Crippen LogP contribution is 2.30. The van der Waals surface area contributed by atoms with Crippen LogP contribution >= 0.6 is 0 Å². The molecule has 1 aromatic rings. The highest BCUT2D eigenvalue weighted by Gasteiger charge is 2.48. The number of carbonyl (C=O) groups is 2. The third kappa shape index (κ3) is 3.61. The van der Waals surface area contributed by atoms with Crippen molar-refractivity contribution < 1.29 is 31.2 Å². The maximum absolute atomic E-state index is 12.8. The molecule has 0 unspecified atom stereocenters. The standard InChI is InChI=1S/C12H13FN6O6S/c13-6-3-15-10(16-4-6)11(20)17-9(14)8-2-1-7-5-18(8)12(21)19(7)25-26(22,23)24/h3-4,7-8H,1-2,5H2,(H2,14,17,20)(H,22,23,24)/t7-,8+/m1/s1. The molecule has 2 atom stereocenters. The molecule has 2 saturated heterocycles. The molecule has 0 saturated carbocycles. The minimum Gasteiger partial charge on any atom is -0.310 e. The van der Waals surface area contributed by atoms with E-state index in [0.29, 0.717) is 5.06 Å². The fourth-order valence-electron chi connectivity index (χ4n) is 2.82. The van der Waals surface area contributed by atoms with Crippen molar-refractivity contribution in [2.24, 2.45) is 0 Å². The number of nitrogens with one attached hydrogen (secondary N) is 2. The van der Waals surface area contributed by atoms with E-state index in [-0.39, 0.29) is 31.0 Å². The Morgan fingerprint density at radius 3 is 2.65 bits per heavy atom. The minimum absolute atomic E-state index is 0.0598. The summed E-state index contributed by atoms with van der Waals surface area (Å²) in [5, 5.41) is 10.8. The maximum Gasteiger partial charge on any atom is 0.418 e. The van der Waals surface area contributed by atoms with Gasteiger partial charge in [0.15, 0.2) is 5.82 Å². The molecule has 0 spiro atoms. The minimum atomic E-state index is -4.87. The van der Waals surface area contributed by atoms with Gasteiger partial charge in [-0.3, -0.25) is 14.8 Å². The molecule has 26 heavy (non-hydrogen) atoms. The number of halogens is 1. The summed E-state index contributed by atoms with van der Waals surface area (Å²) in [6.07, 6.45) is 2.13. The average molecular weight is 388 g/mol. The van der Waals surface area contributed by atoms with Gasteiger partial charge >= 0.3 is 16.4 Å². The molecule has 3 N–H and O–H groups in total. The first-order valence-corrected chi connectivity index (χ1v) is 8.66. The zero-order valence-corrected chi connectivity index (χ0v) is 13.8. The van der Waals surface area contributed by atoms with Gasteiger partial charge < -0.3 is 10.2 Å². The summed E-state index contributed by atoms with van der Waals surface area (Å²) in [4.78, 5) is 32.4. The summed E-state index contributed by atoms with van der Waals surface area (Å²) in [6, 6.07) is -2.30. The molecule has 2 aliphatic rings. The fourth-order valence-corrected chi connectivity index (χ4v) is 3.21. The number of carbonyl (C=O) groups excluding carboxylic acids is 2. The Bertz CT molecular complexity index is 861. The Morgan fingerprint density at radius 2 is 2.04 bits per heavy atom. The molecule has 12 nitrogen and oxygen atoms in total. The van der Waals surface area contributed by atoms with Gasteiger partial charge in [-0.25, -0.2) is 19.2 Å². The maximum atomic E-state index is 12.8. The van der Waals surface area contributed by atoms with Gasteiger partial charge in [-0.1, -0.05) is 0 Å². The zero-order chi connectivity index (χ0) is 19.1. The molecule has 0 aliphatic carbocycles. The number of urea groups is 1. The van der Waals surface area contributed by atoms with E-state index in [1.165, 1.54) is 0 Å². The summed E-state index contributed by atoms with van der Waals surface area (Å²) in [6.45, 7) is 0.0598. The van der Waals surface area contributed by atoms with E-state index in [1.807, 2.05) is 0 Å². The number of rotatable bonds is 4. The van der Waals surface area contributed by atoms with Crippen molar-refractivity contribution in [3.63, 3.8) is 0 Å². The number of fused-ring (bicyclic) bond motifs is 2. The normalized spacial score (nSPS) is 22.5. The zero-order valence-electron chi connectivity index (χ0n) is 13.0. The van der Waals surface area contributed by atoms with Crippen molar-refractivity contribution in [1.29, 1.82) is 5.41 Å². The van der Waals surface area contributed by atoms with Crippen LogP contribution in [-0.4, -0.2) is 69.3 Å². The summed E-state index contributed by atoms with van der Waals surface area (Å²) in [5.74, 6) is -2.26. The Labute approximate surface area is 146 Å². The molecule has 3 amide bonds. The fraction of sp³-hybridized carbons (Fsp3) is 0.417. The first kappa shape index (κ1) is 18.1. The van der Waals surface area contributed by atoms with E-state index in [9.17, 15) is 22.4 Å². The molecule has 2 fully saturated rings. The molecule has 3 heterocycles. The van der Waals surface area contributed by atoms with Crippen LogP contribution in [0.1, 0.15) is 23.5 Å². The number of amides is 3. The van der Waals surface area contributed by atoms with Gasteiger partial charge in [-0.05, 0) is 12.8 Å². The van der Waals surface area contributed by atoms with Crippen LogP contribution in [0.2, 0.25) is 0 Å². The predicted octanol–water partition coefficient (Wildman–Crippen LogP) is -0.674.